The minimum absolute atomic E-state index is 0.404. The van der Waals surface area contributed by atoms with E-state index in [0.29, 0.717) is 24.2 Å². The van der Waals surface area contributed by atoms with E-state index >= 15 is 0 Å². The third kappa shape index (κ3) is 7.73. The van der Waals surface area contributed by atoms with Gasteiger partial charge in [0.05, 0.1) is 0 Å². The predicted molar refractivity (Wildman–Crippen MR) is 168 cm³/mol. The van der Waals surface area contributed by atoms with Crippen LogP contribution in [0.4, 0.5) is 0 Å². The molecule has 0 radical (unpaired) electrons. The number of rotatable bonds is 5. The molecule has 3 aromatic carbocycles. The van der Waals surface area contributed by atoms with Crippen LogP contribution < -0.4 is 0 Å². The summed E-state index contributed by atoms with van der Waals surface area (Å²) < 4.78 is 1.92. The van der Waals surface area contributed by atoms with Gasteiger partial charge in [-0.2, -0.15) is 0 Å². The first-order valence-corrected chi connectivity index (χ1v) is 20.5. The molecule has 1 heterocycles. The van der Waals surface area contributed by atoms with E-state index in [0.717, 1.165) is 11.5 Å². The van der Waals surface area contributed by atoms with Gasteiger partial charge in [0, 0.05) is 12.1 Å². The summed E-state index contributed by atoms with van der Waals surface area (Å²) in [6.45, 7) is 5.07. The van der Waals surface area contributed by atoms with E-state index in [1.54, 1.807) is 0 Å². The SMILES string of the molecule is C[C@@H]1CCCCC1N1[CH-]N(C2CCCCC2)[C@H](c2ccccc2)[C@H]1c1ccccc1.[Cl][Ru]([Cl])=[CH]c1ccccc1. The van der Waals surface area contributed by atoms with E-state index < -0.39 is 13.5 Å². The van der Waals surface area contributed by atoms with Crippen molar-refractivity contribution in [3.8, 4) is 0 Å². The van der Waals surface area contributed by atoms with Gasteiger partial charge in [-0.15, -0.1) is 0 Å². The molecule has 0 amide bonds. The zero-order valence-corrected chi connectivity index (χ0v) is 26.8. The van der Waals surface area contributed by atoms with Gasteiger partial charge in [0.25, 0.3) is 0 Å². The van der Waals surface area contributed by atoms with Crippen molar-refractivity contribution in [1.29, 1.82) is 0 Å². The van der Waals surface area contributed by atoms with E-state index in [2.05, 4.69) is 84.1 Å². The zero-order chi connectivity index (χ0) is 27.7. The molecule has 2 aliphatic carbocycles. The molecule has 1 aliphatic heterocycles. The third-order valence-corrected chi connectivity index (χ3v) is 10.8. The summed E-state index contributed by atoms with van der Waals surface area (Å²) in [6, 6.07) is 34.7. The van der Waals surface area contributed by atoms with Crippen molar-refractivity contribution >= 4 is 24.0 Å². The second-order valence-corrected chi connectivity index (χ2v) is 17.3. The normalized spacial score (nSPS) is 26.5. The molecule has 2 saturated carbocycles. The fourth-order valence-electron chi connectivity index (χ4n) is 6.98. The Balaban J connectivity index is 0.000000274. The molecule has 0 bridgehead atoms. The second-order valence-electron chi connectivity index (χ2n) is 11.6. The quantitative estimate of drug-likeness (QED) is 0.198. The Bertz CT molecular complexity index is 1180. The molecule has 40 heavy (non-hydrogen) atoms. The number of nitrogens with zero attached hydrogens (tertiary/aromatic N) is 2. The van der Waals surface area contributed by atoms with E-state index in [1.165, 1.54) is 68.9 Å². The van der Waals surface area contributed by atoms with E-state index in [9.17, 15) is 0 Å². The number of halogens is 2. The third-order valence-electron chi connectivity index (χ3n) is 8.93. The maximum atomic E-state index is 5.67. The summed E-state index contributed by atoms with van der Waals surface area (Å²) in [7, 11) is 11.3. The van der Waals surface area contributed by atoms with Crippen LogP contribution in [0, 0.1) is 12.6 Å². The van der Waals surface area contributed by atoms with Gasteiger partial charge in [-0.05, 0) is 54.8 Å². The van der Waals surface area contributed by atoms with Gasteiger partial charge in [0.15, 0.2) is 0 Å². The Hall–Kier alpha value is -1.35. The van der Waals surface area contributed by atoms with E-state index in [1.807, 2.05) is 34.9 Å². The topological polar surface area (TPSA) is 6.48 Å². The summed E-state index contributed by atoms with van der Waals surface area (Å²) in [6.07, 6.45) is 12.3. The molecule has 0 spiro atoms. The molecule has 4 atom stereocenters. The molecular formula is C35H43Cl2N2Ru-. The molecule has 5 heteroatoms. The molecular weight excluding hydrogens is 620 g/mol. The minimum atomic E-state index is -1.61. The summed E-state index contributed by atoms with van der Waals surface area (Å²) in [5.74, 6) is 0.768. The average Bonchev–Trinajstić information content (AvgIpc) is 3.40. The van der Waals surface area contributed by atoms with Gasteiger partial charge in [0.2, 0.25) is 0 Å². The Morgan fingerprint density at radius 2 is 1.15 bits per heavy atom. The van der Waals surface area contributed by atoms with Crippen molar-refractivity contribution in [3.63, 3.8) is 0 Å². The van der Waals surface area contributed by atoms with Crippen LogP contribution in [0.15, 0.2) is 91.0 Å². The molecule has 2 nitrogen and oxygen atoms in total. The van der Waals surface area contributed by atoms with Gasteiger partial charge in [-0.1, -0.05) is 99.7 Å². The van der Waals surface area contributed by atoms with E-state index in [4.69, 9.17) is 19.4 Å². The molecule has 3 aromatic rings. The van der Waals surface area contributed by atoms with Crippen LogP contribution in [0.1, 0.15) is 93.5 Å². The van der Waals surface area contributed by atoms with Gasteiger partial charge in [-0.3, -0.25) is 0 Å². The van der Waals surface area contributed by atoms with Crippen molar-refractivity contribution in [2.24, 2.45) is 5.92 Å². The molecule has 3 fully saturated rings. The first-order valence-electron chi connectivity index (χ1n) is 15.0. The predicted octanol–water partition coefficient (Wildman–Crippen LogP) is 9.88. The van der Waals surface area contributed by atoms with Crippen LogP contribution in [-0.4, -0.2) is 26.5 Å². The van der Waals surface area contributed by atoms with Gasteiger partial charge < -0.3 is 9.80 Å². The van der Waals surface area contributed by atoms with Crippen LogP contribution in [0.5, 0.6) is 0 Å². The van der Waals surface area contributed by atoms with Crippen molar-refractivity contribution in [2.45, 2.75) is 88.9 Å². The van der Waals surface area contributed by atoms with Crippen LogP contribution in [0.3, 0.4) is 0 Å². The van der Waals surface area contributed by atoms with Crippen LogP contribution in [0.25, 0.3) is 0 Å². The van der Waals surface area contributed by atoms with Crippen molar-refractivity contribution in [1.82, 2.24) is 9.80 Å². The fourth-order valence-corrected chi connectivity index (χ4v) is 8.80. The first kappa shape index (κ1) is 30.1. The van der Waals surface area contributed by atoms with Crippen molar-refractivity contribution in [2.75, 3.05) is 0 Å². The maximum absolute atomic E-state index is 5.67. The van der Waals surface area contributed by atoms with Crippen LogP contribution in [0.2, 0.25) is 0 Å². The van der Waals surface area contributed by atoms with Crippen LogP contribution in [-0.2, 0) is 13.5 Å². The zero-order valence-electron chi connectivity index (χ0n) is 23.6. The standard InChI is InChI=1S/C28H37N2.C7H6.2ClH.Ru/c1-22-13-11-12-20-26(22)30-21-29(25-18-9-4-10-19-25)27(23-14-5-2-6-15-23)28(30)24-16-7-3-8-17-24;1-7-5-3-2-4-6-7;;;/h2-3,5-8,14-17,21-22,25-28H,4,9-13,18-20H2,1H3;1-6H;2*1H;/q-1;;;;+2/p-2/t22-,26?,27-,28-;;;;/m1..../s1. The van der Waals surface area contributed by atoms with Gasteiger partial charge >= 0.3 is 73.4 Å². The summed E-state index contributed by atoms with van der Waals surface area (Å²) >= 11 is -1.61. The van der Waals surface area contributed by atoms with Gasteiger partial charge in [-0.25, -0.2) is 6.67 Å². The molecule has 1 saturated heterocycles. The Labute approximate surface area is 255 Å². The first-order chi connectivity index (χ1) is 19.6. The average molecular weight is 664 g/mol. The monoisotopic (exact) mass is 663 g/mol. The number of benzene rings is 3. The molecule has 6 rings (SSSR count). The molecule has 0 aromatic heterocycles. The van der Waals surface area contributed by atoms with Crippen LogP contribution >= 0.6 is 19.4 Å². The summed E-state index contributed by atoms with van der Waals surface area (Å²) in [5.41, 5.74) is 4.06. The Kier molecular flexibility index (Phi) is 11.5. The second kappa shape index (κ2) is 15.2. The van der Waals surface area contributed by atoms with E-state index in [-0.39, 0.29) is 0 Å². The molecule has 0 N–H and O–H groups in total. The molecule has 3 aliphatic rings. The molecule has 1 unspecified atom stereocenters. The summed E-state index contributed by atoms with van der Waals surface area (Å²) in [5, 5.41) is 0. The number of hydrogen-bond acceptors (Lipinski definition) is 2. The van der Waals surface area contributed by atoms with Crippen molar-refractivity contribution in [3.05, 3.63) is 114 Å². The molecule has 216 valence electrons. The number of hydrogen-bond donors (Lipinski definition) is 0. The Morgan fingerprint density at radius 1 is 0.650 bits per heavy atom. The Morgan fingerprint density at radius 3 is 1.70 bits per heavy atom. The fraction of sp³-hybridized carbons (Fsp3) is 0.429. The van der Waals surface area contributed by atoms with Crippen molar-refractivity contribution < 1.29 is 13.5 Å². The summed E-state index contributed by atoms with van der Waals surface area (Å²) in [4.78, 5) is 5.58. The van der Waals surface area contributed by atoms with Gasteiger partial charge in [0.1, 0.15) is 0 Å².